The van der Waals surface area contributed by atoms with E-state index in [4.69, 9.17) is 33.5 Å². The molecule has 2 heterocycles. The number of rotatable bonds is 15. The predicted octanol–water partition coefficient (Wildman–Crippen LogP) is 13.6. The molecule has 11 heteroatoms. The third-order valence-corrected chi connectivity index (χ3v) is 16.0. The molecule has 1 saturated heterocycles. The van der Waals surface area contributed by atoms with Crippen LogP contribution >= 0.6 is 0 Å². The van der Waals surface area contributed by atoms with Crippen LogP contribution in [0.1, 0.15) is 67.4 Å². The number of piperazine rings is 1. The molecule has 0 bridgehead atoms. The monoisotopic (exact) mass is 1060 g/mol. The van der Waals surface area contributed by atoms with E-state index in [1.807, 2.05) is 55.5 Å². The number of aliphatic hydroxyl groups is 1. The number of anilines is 2. The number of benzene rings is 9. The fourth-order valence-corrected chi connectivity index (χ4v) is 11.8. The highest BCUT2D eigenvalue weighted by Gasteiger charge is 2.48. The standard InChI is InChI=1S/C69H60N2O9/c1-5-68(76-4)61-14-10-9-13-57(61)63-59-44-62(79-67(74)48-17-15-46(16-18-48)47-19-31-56(32-20-47)78-66(73)49-21-29-55(30-22-49)77-42-41-72)45(2)43-60(59)65-58(64(63)68)35-36-69(80-65,50-11-7-6-8-12-50)51-23-25-52(26-24-51)70-37-39-71(40-38-70)53-27-33-54(75-3)34-28-53/h6-36,43-44,72H,5,37-42H2,1-4H3. The van der Waals surface area contributed by atoms with E-state index in [0.29, 0.717) is 34.8 Å². The largest absolute Gasteiger partial charge is 0.497 e. The smallest absolute Gasteiger partial charge is 0.343 e. The molecule has 3 aliphatic rings. The van der Waals surface area contributed by atoms with Crippen LogP contribution < -0.4 is 33.5 Å². The summed E-state index contributed by atoms with van der Waals surface area (Å²) >= 11 is 0. The summed E-state index contributed by atoms with van der Waals surface area (Å²) in [5, 5.41) is 10.8. The zero-order valence-electron chi connectivity index (χ0n) is 45.1. The lowest BCUT2D eigenvalue weighted by molar-refractivity contribution is 0.0219. The highest BCUT2D eigenvalue weighted by Crippen LogP contribution is 2.60. The number of hydrogen-bond donors (Lipinski definition) is 1. The van der Waals surface area contributed by atoms with E-state index >= 15 is 0 Å². The van der Waals surface area contributed by atoms with Gasteiger partial charge in [0.25, 0.3) is 0 Å². The predicted molar refractivity (Wildman–Crippen MR) is 314 cm³/mol. The molecular formula is C69H60N2O9. The van der Waals surface area contributed by atoms with Crippen LogP contribution in [0.5, 0.6) is 28.7 Å². The Balaban J connectivity index is 0.847. The molecule has 11 nitrogen and oxygen atoms in total. The summed E-state index contributed by atoms with van der Waals surface area (Å²) in [5.41, 5.74) is 11.0. The SMILES string of the molecule is CCC1(OC)c2ccccc2-c2c1c1c(c3cc(C)c(OC(=O)c4ccc(-c5ccc(OC(=O)c6ccc(OCCO)cc6)cc5)cc4)cc23)OC(c2ccccc2)(c2ccc(N3CCN(c4ccc(OC)cc4)CC3)cc2)C=C1. The van der Waals surface area contributed by atoms with Crippen molar-refractivity contribution in [2.75, 3.05) is 63.4 Å². The van der Waals surface area contributed by atoms with Gasteiger partial charge in [-0.05, 0) is 155 Å². The van der Waals surface area contributed by atoms with Gasteiger partial charge in [0.05, 0.1) is 24.8 Å². The van der Waals surface area contributed by atoms with Crippen molar-refractivity contribution >= 4 is 40.2 Å². The maximum absolute atomic E-state index is 14.2. The first-order valence-corrected chi connectivity index (χ1v) is 27.1. The molecule has 2 aliphatic heterocycles. The Morgan fingerprint density at radius 3 is 1.80 bits per heavy atom. The minimum Gasteiger partial charge on any atom is -0.497 e. The van der Waals surface area contributed by atoms with Gasteiger partial charge in [0.2, 0.25) is 0 Å². The summed E-state index contributed by atoms with van der Waals surface area (Å²) in [6, 6.07) is 61.1. The van der Waals surface area contributed by atoms with Gasteiger partial charge in [-0.15, -0.1) is 0 Å². The first-order valence-electron chi connectivity index (χ1n) is 27.1. The number of carbonyl (C=O) groups excluding carboxylic acids is 2. The van der Waals surface area contributed by atoms with Gasteiger partial charge in [-0.1, -0.05) is 104 Å². The molecule has 2 unspecified atom stereocenters. The van der Waals surface area contributed by atoms with Gasteiger partial charge in [0, 0.05) is 72.3 Å². The maximum atomic E-state index is 14.2. The summed E-state index contributed by atoms with van der Waals surface area (Å²) in [7, 11) is 3.48. The normalized spacial score (nSPS) is 17.0. The molecule has 1 aliphatic carbocycles. The highest BCUT2D eigenvalue weighted by molar-refractivity contribution is 6.09. The van der Waals surface area contributed by atoms with E-state index in [-0.39, 0.29) is 13.2 Å². The highest BCUT2D eigenvalue weighted by atomic mass is 16.5. The summed E-state index contributed by atoms with van der Waals surface area (Å²) in [5.74, 6) is 1.96. The Labute approximate surface area is 465 Å². The quantitative estimate of drug-likeness (QED) is 0.0781. The molecule has 9 aromatic carbocycles. The van der Waals surface area contributed by atoms with Crippen molar-refractivity contribution in [2.24, 2.45) is 0 Å². The molecule has 80 heavy (non-hydrogen) atoms. The van der Waals surface area contributed by atoms with Crippen LogP contribution in [-0.2, 0) is 15.9 Å². The van der Waals surface area contributed by atoms with Crippen molar-refractivity contribution < 1.29 is 43.1 Å². The average Bonchev–Trinajstić information content (AvgIpc) is 4.04. The topological polar surface area (TPSA) is 116 Å². The number of esters is 2. The van der Waals surface area contributed by atoms with Crippen molar-refractivity contribution in [3.05, 3.63) is 239 Å². The van der Waals surface area contributed by atoms with Crippen LogP contribution in [0.2, 0.25) is 0 Å². The second-order valence-electron chi connectivity index (χ2n) is 20.3. The van der Waals surface area contributed by atoms with Crippen LogP contribution in [0.15, 0.2) is 194 Å². The molecule has 0 spiro atoms. The van der Waals surface area contributed by atoms with Crippen LogP contribution in [0.25, 0.3) is 39.1 Å². The van der Waals surface area contributed by atoms with E-state index in [1.165, 1.54) is 5.69 Å². The first-order chi connectivity index (χ1) is 39.1. The average molecular weight is 1060 g/mol. The number of carbonyl (C=O) groups is 2. The summed E-state index contributed by atoms with van der Waals surface area (Å²) in [6.45, 7) is 7.79. The summed E-state index contributed by atoms with van der Waals surface area (Å²) < 4.78 is 37.2. The van der Waals surface area contributed by atoms with E-state index in [0.717, 1.165) is 110 Å². The van der Waals surface area contributed by atoms with Gasteiger partial charge in [-0.25, -0.2) is 9.59 Å². The van der Waals surface area contributed by atoms with Gasteiger partial charge in [0.1, 0.15) is 41.0 Å². The number of ether oxygens (including phenoxy) is 6. The Morgan fingerprint density at radius 1 is 0.613 bits per heavy atom. The van der Waals surface area contributed by atoms with Crippen molar-refractivity contribution in [1.29, 1.82) is 0 Å². The van der Waals surface area contributed by atoms with Gasteiger partial charge < -0.3 is 43.3 Å². The second-order valence-corrected chi connectivity index (χ2v) is 20.3. The van der Waals surface area contributed by atoms with E-state index in [9.17, 15) is 9.59 Å². The number of methoxy groups -OCH3 is 2. The van der Waals surface area contributed by atoms with Gasteiger partial charge >= 0.3 is 11.9 Å². The molecule has 1 fully saturated rings. The Bertz CT molecular complexity index is 3770. The maximum Gasteiger partial charge on any atom is 0.343 e. The second kappa shape index (κ2) is 21.6. The molecule has 0 saturated carbocycles. The van der Waals surface area contributed by atoms with E-state index < -0.39 is 23.1 Å². The van der Waals surface area contributed by atoms with Gasteiger partial charge in [0.15, 0.2) is 5.60 Å². The summed E-state index contributed by atoms with van der Waals surface area (Å²) in [4.78, 5) is 31.9. The number of aliphatic hydroxyl groups excluding tert-OH is 1. The first kappa shape index (κ1) is 51.6. The van der Waals surface area contributed by atoms with Crippen molar-refractivity contribution in [3.8, 4) is 51.0 Å². The number of hydrogen-bond acceptors (Lipinski definition) is 11. The van der Waals surface area contributed by atoms with Crippen molar-refractivity contribution in [3.63, 3.8) is 0 Å². The molecular weight excluding hydrogens is 1000 g/mol. The molecule has 1 N–H and O–H groups in total. The lowest BCUT2D eigenvalue weighted by Crippen LogP contribution is -2.46. The van der Waals surface area contributed by atoms with Gasteiger partial charge in [-0.2, -0.15) is 0 Å². The molecule has 0 amide bonds. The van der Waals surface area contributed by atoms with Gasteiger partial charge in [-0.3, -0.25) is 0 Å². The number of fused-ring (bicyclic) bond motifs is 8. The minimum absolute atomic E-state index is 0.101. The van der Waals surface area contributed by atoms with E-state index in [2.05, 4.69) is 120 Å². The van der Waals surface area contributed by atoms with Crippen LogP contribution in [-0.4, -0.2) is 70.7 Å². The molecule has 0 aromatic heterocycles. The zero-order chi connectivity index (χ0) is 55.0. The molecule has 0 radical (unpaired) electrons. The van der Waals surface area contributed by atoms with E-state index in [1.54, 1.807) is 62.8 Å². The fourth-order valence-electron chi connectivity index (χ4n) is 11.8. The third kappa shape index (κ3) is 9.27. The van der Waals surface area contributed by atoms with Crippen LogP contribution in [0.3, 0.4) is 0 Å². The Kier molecular flexibility index (Phi) is 13.9. The Hall–Kier alpha value is -9.16. The van der Waals surface area contributed by atoms with Crippen molar-refractivity contribution in [1.82, 2.24) is 0 Å². The number of nitrogens with zero attached hydrogens (tertiary/aromatic N) is 2. The molecule has 9 aromatic rings. The number of aryl methyl sites for hydroxylation is 1. The molecule has 400 valence electrons. The Morgan fingerprint density at radius 2 is 1.18 bits per heavy atom. The third-order valence-electron chi connectivity index (χ3n) is 16.0. The lowest BCUT2D eigenvalue weighted by atomic mass is 9.79. The zero-order valence-corrected chi connectivity index (χ0v) is 45.1. The molecule has 2 atom stereocenters. The fraction of sp³-hybridized carbons (Fsp3) is 0.188. The molecule has 12 rings (SSSR count). The van der Waals surface area contributed by atoms with Crippen molar-refractivity contribution in [2.45, 2.75) is 31.5 Å². The van der Waals surface area contributed by atoms with Crippen LogP contribution in [0.4, 0.5) is 11.4 Å². The lowest BCUT2D eigenvalue weighted by Gasteiger charge is -2.40. The summed E-state index contributed by atoms with van der Waals surface area (Å²) in [6.07, 6.45) is 5.11. The van der Waals surface area contributed by atoms with Crippen LogP contribution in [0, 0.1) is 6.92 Å². The minimum atomic E-state index is -1.000.